The fourth-order valence-electron chi connectivity index (χ4n) is 2.09. The van der Waals surface area contributed by atoms with Crippen molar-refractivity contribution in [1.29, 1.82) is 0 Å². The molecule has 0 radical (unpaired) electrons. The van der Waals surface area contributed by atoms with Gasteiger partial charge in [0.2, 0.25) is 0 Å². The molecule has 3 aromatic rings. The first-order chi connectivity index (χ1) is 9.74. The second kappa shape index (κ2) is 5.09. The molecule has 0 fully saturated rings. The predicted molar refractivity (Wildman–Crippen MR) is 78.7 cm³/mol. The topological polar surface area (TPSA) is 54.9 Å². The Hall–Kier alpha value is -2.75. The number of hydrogen-bond acceptors (Lipinski definition) is 3. The van der Waals surface area contributed by atoms with Crippen molar-refractivity contribution < 1.29 is 4.79 Å². The molecule has 0 bridgehead atoms. The number of fused-ring (bicyclic) bond motifs is 1. The zero-order valence-corrected chi connectivity index (χ0v) is 11.0. The minimum absolute atomic E-state index is 0.159. The molecular formula is C16H13N3O. The van der Waals surface area contributed by atoms with E-state index in [0.717, 1.165) is 16.6 Å². The van der Waals surface area contributed by atoms with E-state index in [1.807, 2.05) is 37.3 Å². The molecule has 2 heterocycles. The van der Waals surface area contributed by atoms with Crippen molar-refractivity contribution in [2.24, 2.45) is 0 Å². The third-order valence-electron chi connectivity index (χ3n) is 3.04. The van der Waals surface area contributed by atoms with Gasteiger partial charge in [-0.3, -0.25) is 14.8 Å². The fourth-order valence-corrected chi connectivity index (χ4v) is 2.09. The number of anilines is 1. The quantitative estimate of drug-likeness (QED) is 0.772. The maximum atomic E-state index is 12.2. The summed E-state index contributed by atoms with van der Waals surface area (Å²) in [5.74, 6) is -0.159. The Morgan fingerprint density at radius 1 is 1.05 bits per heavy atom. The van der Waals surface area contributed by atoms with Gasteiger partial charge in [-0.15, -0.1) is 0 Å². The van der Waals surface area contributed by atoms with Gasteiger partial charge in [-0.05, 0) is 31.2 Å². The molecule has 20 heavy (non-hydrogen) atoms. The van der Waals surface area contributed by atoms with Crippen LogP contribution in [0.25, 0.3) is 10.9 Å². The van der Waals surface area contributed by atoms with Gasteiger partial charge in [-0.2, -0.15) is 0 Å². The van der Waals surface area contributed by atoms with Crippen LogP contribution < -0.4 is 5.32 Å². The van der Waals surface area contributed by atoms with Crippen LogP contribution in [0.4, 0.5) is 5.69 Å². The summed E-state index contributed by atoms with van der Waals surface area (Å²) in [6.45, 7) is 1.86. The minimum Gasteiger partial charge on any atom is -0.320 e. The Balaban J connectivity index is 1.95. The van der Waals surface area contributed by atoms with Gasteiger partial charge in [0.05, 0.1) is 11.2 Å². The molecule has 0 aliphatic rings. The molecule has 2 aromatic heterocycles. The number of nitrogens with zero attached hydrogens (tertiary/aromatic N) is 2. The molecule has 1 aromatic carbocycles. The first-order valence-corrected chi connectivity index (χ1v) is 6.32. The summed E-state index contributed by atoms with van der Waals surface area (Å²) in [5.41, 5.74) is 2.90. The molecule has 0 spiro atoms. The second-order valence-electron chi connectivity index (χ2n) is 4.52. The number of amides is 1. The SMILES string of the molecule is Cc1cc(C(=O)Nc2cccc3cccnc23)ccn1. The molecule has 3 rings (SSSR count). The number of pyridine rings is 2. The van der Waals surface area contributed by atoms with E-state index in [0.29, 0.717) is 11.3 Å². The van der Waals surface area contributed by atoms with E-state index in [-0.39, 0.29) is 5.91 Å². The lowest BCUT2D eigenvalue weighted by molar-refractivity contribution is 0.102. The standard InChI is InChI=1S/C16H13N3O/c1-11-10-13(7-9-17-11)16(20)19-14-6-2-4-12-5-3-8-18-15(12)14/h2-10H,1H3,(H,19,20). The molecule has 0 aliphatic heterocycles. The maximum absolute atomic E-state index is 12.2. The van der Waals surface area contributed by atoms with Crippen molar-refractivity contribution in [1.82, 2.24) is 9.97 Å². The molecular weight excluding hydrogens is 250 g/mol. The zero-order valence-electron chi connectivity index (χ0n) is 11.0. The highest BCUT2D eigenvalue weighted by molar-refractivity contribution is 6.08. The van der Waals surface area contributed by atoms with Crippen LogP contribution in [0.2, 0.25) is 0 Å². The van der Waals surface area contributed by atoms with Gasteiger partial charge in [0.15, 0.2) is 0 Å². The highest BCUT2D eigenvalue weighted by Gasteiger charge is 2.09. The van der Waals surface area contributed by atoms with E-state index in [9.17, 15) is 4.79 Å². The lowest BCUT2D eigenvalue weighted by Gasteiger charge is -2.08. The number of benzene rings is 1. The van der Waals surface area contributed by atoms with Crippen molar-refractivity contribution in [3.05, 3.63) is 66.1 Å². The van der Waals surface area contributed by atoms with Gasteiger partial charge in [0, 0.05) is 29.0 Å². The highest BCUT2D eigenvalue weighted by atomic mass is 16.1. The average Bonchev–Trinajstić information content (AvgIpc) is 2.47. The summed E-state index contributed by atoms with van der Waals surface area (Å²) in [4.78, 5) is 20.6. The second-order valence-corrected chi connectivity index (χ2v) is 4.52. The Morgan fingerprint density at radius 3 is 2.75 bits per heavy atom. The zero-order chi connectivity index (χ0) is 13.9. The van der Waals surface area contributed by atoms with Crippen molar-refractivity contribution in [3.63, 3.8) is 0 Å². The molecule has 4 nitrogen and oxygen atoms in total. The molecule has 1 N–H and O–H groups in total. The normalized spacial score (nSPS) is 10.4. The predicted octanol–water partition coefficient (Wildman–Crippen LogP) is 3.19. The van der Waals surface area contributed by atoms with Crippen LogP contribution in [-0.4, -0.2) is 15.9 Å². The van der Waals surface area contributed by atoms with E-state index in [1.165, 1.54) is 0 Å². The summed E-state index contributed by atoms with van der Waals surface area (Å²) in [7, 11) is 0. The average molecular weight is 263 g/mol. The molecule has 0 aliphatic carbocycles. The summed E-state index contributed by atoms with van der Waals surface area (Å²) in [6, 6.07) is 13.0. The van der Waals surface area contributed by atoms with Gasteiger partial charge in [0.1, 0.15) is 0 Å². The van der Waals surface area contributed by atoms with Crippen molar-refractivity contribution in [2.45, 2.75) is 6.92 Å². The smallest absolute Gasteiger partial charge is 0.255 e. The lowest BCUT2D eigenvalue weighted by Crippen LogP contribution is -2.12. The van der Waals surface area contributed by atoms with Gasteiger partial charge in [-0.25, -0.2) is 0 Å². The Kier molecular flexibility index (Phi) is 3.13. The number of carbonyl (C=O) groups excluding carboxylic acids is 1. The van der Waals surface area contributed by atoms with Crippen LogP contribution in [0.3, 0.4) is 0 Å². The van der Waals surface area contributed by atoms with Crippen molar-refractivity contribution >= 4 is 22.5 Å². The molecule has 4 heteroatoms. The van der Waals surface area contributed by atoms with Crippen molar-refractivity contribution in [2.75, 3.05) is 5.32 Å². The van der Waals surface area contributed by atoms with Gasteiger partial charge in [-0.1, -0.05) is 18.2 Å². The van der Waals surface area contributed by atoms with Crippen LogP contribution >= 0.6 is 0 Å². The number of aromatic nitrogens is 2. The Labute approximate surface area is 116 Å². The molecule has 98 valence electrons. The van der Waals surface area contributed by atoms with E-state index < -0.39 is 0 Å². The Morgan fingerprint density at radius 2 is 1.90 bits per heavy atom. The van der Waals surface area contributed by atoms with E-state index in [4.69, 9.17) is 0 Å². The van der Waals surface area contributed by atoms with Crippen LogP contribution in [0.1, 0.15) is 16.1 Å². The molecule has 1 amide bonds. The van der Waals surface area contributed by atoms with Gasteiger partial charge >= 0.3 is 0 Å². The van der Waals surface area contributed by atoms with E-state index in [2.05, 4.69) is 15.3 Å². The number of nitrogens with one attached hydrogen (secondary N) is 1. The van der Waals surface area contributed by atoms with E-state index >= 15 is 0 Å². The van der Waals surface area contributed by atoms with Crippen LogP contribution in [0.15, 0.2) is 54.9 Å². The van der Waals surface area contributed by atoms with Crippen LogP contribution in [-0.2, 0) is 0 Å². The number of aryl methyl sites for hydroxylation is 1. The molecule has 0 saturated heterocycles. The largest absolute Gasteiger partial charge is 0.320 e. The number of carbonyl (C=O) groups is 1. The van der Waals surface area contributed by atoms with Gasteiger partial charge < -0.3 is 5.32 Å². The third kappa shape index (κ3) is 2.36. The first-order valence-electron chi connectivity index (χ1n) is 6.32. The summed E-state index contributed by atoms with van der Waals surface area (Å²) in [5, 5.41) is 3.90. The monoisotopic (exact) mass is 263 g/mol. The summed E-state index contributed by atoms with van der Waals surface area (Å²) >= 11 is 0. The third-order valence-corrected chi connectivity index (χ3v) is 3.04. The van der Waals surface area contributed by atoms with Crippen LogP contribution in [0.5, 0.6) is 0 Å². The van der Waals surface area contributed by atoms with Gasteiger partial charge in [0.25, 0.3) is 5.91 Å². The van der Waals surface area contributed by atoms with Crippen LogP contribution in [0, 0.1) is 6.92 Å². The maximum Gasteiger partial charge on any atom is 0.255 e. The lowest BCUT2D eigenvalue weighted by atomic mass is 10.1. The molecule has 0 atom stereocenters. The number of hydrogen-bond donors (Lipinski definition) is 1. The van der Waals surface area contributed by atoms with E-state index in [1.54, 1.807) is 24.5 Å². The fraction of sp³-hybridized carbons (Fsp3) is 0.0625. The molecule has 0 saturated carbocycles. The first kappa shape index (κ1) is 12.3. The number of rotatable bonds is 2. The summed E-state index contributed by atoms with van der Waals surface area (Å²) < 4.78 is 0. The molecule has 0 unspecified atom stereocenters. The van der Waals surface area contributed by atoms with Crippen molar-refractivity contribution in [3.8, 4) is 0 Å². The Bertz CT molecular complexity index is 778. The highest BCUT2D eigenvalue weighted by Crippen LogP contribution is 2.21. The summed E-state index contributed by atoms with van der Waals surface area (Å²) in [6.07, 6.45) is 3.35. The minimum atomic E-state index is -0.159. The number of para-hydroxylation sites is 1.